The molecule has 2 aromatic heterocycles. The second-order valence-corrected chi connectivity index (χ2v) is 7.81. The number of pyridine rings is 1. The molecule has 9 heteroatoms. The number of urea groups is 1. The van der Waals surface area contributed by atoms with Gasteiger partial charge in [-0.3, -0.25) is 4.98 Å². The highest BCUT2D eigenvalue weighted by atomic mass is 32.2. The number of nitrogens with zero attached hydrogens (tertiary/aromatic N) is 3. The molecule has 0 fully saturated rings. The van der Waals surface area contributed by atoms with Crippen molar-refractivity contribution in [3.05, 3.63) is 71.4 Å². The van der Waals surface area contributed by atoms with E-state index in [1.807, 2.05) is 30.5 Å². The highest BCUT2D eigenvalue weighted by Gasteiger charge is 2.21. The van der Waals surface area contributed by atoms with Crippen molar-refractivity contribution in [1.29, 1.82) is 0 Å². The van der Waals surface area contributed by atoms with Crippen LogP contribution in [0.5, 0.6) is 0 Å². The van der Waals surface area contributed by atoms with Gasteiger partial charge in [-0.1, -0.05) is 31.7 Å². The Morgan fingerprint density at radius 3 is 2.59 bits per heavy atom. The Morgan fingerprint density at radius 2 is 2.00 bits per heavy atom. The predicted molar refractivity (Wildman–Crippen MR) is 107 cm³/mol. The zero-order valence-corrected chi connectivity index (χ0v) is 16.8. The van der Waals surface area contributed by atoms with Crippen molar-refractivity contribution in [3.63, 3.8) is 0 Å². The summed E-state index contributed by atoms with van der Waals surface area (Å²) < 4.78 is 29.3. The molecule has 0 unspecified atom stereocenters. The summed E-state index contributed by atoms with van der Waals surface area (Å²) in [5, 5.41) is 3.31. The molecule has 0 radical (unpaired) electrons. The van der Waals surface area contributed by atoms with Gasteiger partial charge in [0.05, 0.1) is 18.8 Å². The van der Waals surface area contributed by atoms with Crippen LogP contribution in [0.1, 0.15) is 36.8 Å². The van der Waals surface area contributed by atoms with Crippen LogP contribution >= 0.6 is 11.8 Å². The second-order valence-electron chi connectivity index (χ2n) is 6.75. The molecule has 0 atom stereocenters. The van der Waals surface area contributed by atoms with Gasteiger partial charge in [0.1, 0.15) is 22.5 Å². The number of imidazole rings is 1. The average molecular weight is 417 g/mol. The molecular formula is C20H21F2N5OS. The molecule has 0 aliphatic heterocycles. The average Bonchev–Trinajstić information content (AvgIpc) is 2.97. The zero-order valence-electron chi connectivity index (χ0n) is 16.0. The summed E-state index contributed by atoms with van der Waals surface area (Å²) >= 11 is 1.23. The molecule has 0 saturated heterocycles. The monoisotopic (exact) mass is 417 g/mol. The van der Waals surface area contributed by atoms with Gasteiger partial charge in [0.2, 0.25) is 0 Å². The van der Waals surface area contributed by atoms with E-state index in [4.69, 9.17) is 5.73 Å². The lowest BCUT2D eigenvalue weighted by atomic mass is 10.1. The van der Waals surface area contributed by atoms with Crippen molar-refractivity contribution in [2.45, 2.75) is 42.8 Å². The van der Waals surface area contributed by atoms with E-state index in [0.29, 0.717) is 17.3 Å². The molecule has 0 saturated carbocycles. The van der Waals surface area contributed by atoms with Crippen LogP contribution in [0.2, 0.25) is 0 Å². The van der Waals surface area contributed by atoms with Crippen molar-refractivity contribution in [2.75, 3.05) is 0 Å². The number of rotatable bonds is 7. The molecular weight excluding hydrogens is 396 g/mol. The minimum Gasteiger partial charge on any atom is -0.352 e. The fraction of sp³-hybridized carbons (Fsp3) is 0.250. The minimum atomic E-state index is -0.659. The van der Waals surface area contributed by atoms with Gasteiger partial charge >= 0.3 is 6.03 Å². The zero-order chi connectivity index (χ0) is 21.0. The summed E-state index contributed by atoms with van der Waals surface area (Å²) in [7, 11) is 0. The Hall–Kier alpha value is -2.94. The van der Waals surface area contributed by atoms with Crippen LogP contribution in [-0.4, -0.2) is 20.6 Å². The summed E-state index contributed by atoms with van der Waals surface area (Å²) in [6.07, 6.45) is 3.41. The Labute approximate surface area is 171 Å². The van der Waals surface area contributed by atoms with Gasteiger partial charge in [-0.2, -0.15) is 0 Å². The van der Waals surface area contributed by atoms with Crippen molar-refractivity contribution < 1.29 is 13.6 Å². The largest absolute Gasteiger partial charge is 0.352 e. The number of carbonyl (C=O) groups excluding carboxylic acids is 1. The number of hydrogen-bond acceptors (Lipinski definition) is 4. The molecule has 2 heterocycles. The Bertz CT molecular complexity index is 987. The smallest absolute Gasteiger partial charge is 0.312 e. The highest BCUT2D eigenvalue weighted by Crippen LogP contribution is 2.36. The predicted octanol–water partition coefficient (Wildman–Crippen LogP) is 4.05. The van der Waals surface area contributed by atoms with E-state index in [1.54, 1.807) is 12.4 Å². The second kappa shape index (κ2) is 9.04. The van der Waals surface area contributed by atoms with Crippen molar-refractivity contribution in [2.24, 2.45) is 5.73 Å². The molecule has 1 aromatic carbocycles. The van der Waals surface area contributed by atoms with Gasteiger partial charge in [0.15, 0.2) is 0 Å². The quantitative estimate of drug-likeness (QED) is 0.607. The fourth-order valence-corrected chi connectivity index (χ4v) is 4.06. The van der Waals surface area contributed by atoms with Gasteiger partial charge in [-0.05, 0) is 29.7 Å². The van der Waals surface area contributed by atoms with Crippen molar-refractivity contribution >= 4 is 17.8 Å². The molecule has 0 spiro atoms. The van der Waals surface area contributed by atoms with E-state index in [-0.39, 0.29) is 12.5 Å². The van der Waals surface area contributed by atoms with E-state index in [9.17, 15) is 13.6 Å². The SMILES string of the molecule is CC(C)c1nc(CNC(N)=O)n(Cc2cccnc2)c1Sc1cc(F)cc(F)c1. The number of amides is 2. The summed E-state index contributed by atoms with van der Waals surface area (Å²) in [5.74, 6) is -0.644. The number of benzene rings is 1. The lowest BCUT2D eigenvalue weighted by Crippen LogP contribution is -2.30. The number of halogens is 2. The summed E-state index contributed by atoms with van der Waals surface area (Å²) in [6.45, 7) is 4.54. The Kier molecular flexibility index (Phi) is 6.48. The van der Waals surface area contributed by atoms with Gasteiger partial charge in [-0.25, -0.2) is 18.6 Å². The first-order chi connectivity index (χ1) is 13.8. The first-order valence-corrected chi connectivity index (χ1v) is 9.80. The van der Waals surface area contributed by atoms with Gasteiger partial charge in [0.25, 0.3) is 0 Å². The molecule has 3 rings (SSSR count). The van der Waals surface area contributed by atoms with Crippen LogP contribution in [0.15, 0.2) is 52.6 Å². The van der Waals surface area contributed by atoms with E-state index in [2.05, 4.69) is 15.3 Å². The highest BCUT2D eigenvalue weighted by molar-refractivity contribution is 7.99. The summed E-state index contributed by atoms with van der Waals surface area (Å²) in [4.78, 5) is 20.4. The maximum atomic E-state index is 13.7. The first kappa shape index (κ1) is 20.8. The first-order valence-electron chi connectivity index (χ1n) is 8.99. The third-order valence-electron chi connectivity index (χ3n) is 4.11. The van der Waals surface area contributed by atoms with E-state index in [1.165, 1.54) is 23.9 Å². The fourth-order valence-electron chi connectivity index (χ4n) is 2.82. The van der Waals surface area contributed by atoms with E-state index < -0.39 is 17.7 Å². The van der Waals surface area contributed by atoms with E-state index in [0.717, 1.165) is 22.3 Å². The van der Waals surface area contributed by atoms with Gasteiger partial charge < -0.3 is 15.6 Å². The lowest BCUT2D eigenvalue weighted by Gasteiger charge is -2.14. The van der Waals surface area contributed by atoms with Gasteiger partial charge in [0, 0.05) is 23.4 Å². The number of carbonyl (C=O) groups is 1. The summed E-state index contributed by atoms with van der Waals surface area (Å²) in [5.41, 5.74) is 6.91. The van der Waals surface area contributed by atoms with E-state index >= 15 is 0 Å². The standard InChI is InChI=1S/C20H21F2N5OS/c1-12(2)18-19(29-16-7-14(21)6-15(22)8-16)27(11-13-4-3-5-24-9-13)17(26-18)10-25-20(23)28/h3-9,12H,10-11H2,1-2H3,(H3,23,25,28). The normalized spacial score (nSPS) is 11.1. The van der Waals surface area contributed by atoms with Crippen molar-refractivity contribution in [1.82, 2.24) is 19.9 Å². The van der Waals surface area contributed by atoms with Crippen LogP contribution in [0.25, 0.3) is 0 Å². The Morgan fingerprint density at radius 1 is 1.28 bits per heavy atom. The molecule has 3 aromatic rings. The number of aromatic nitrogens is 3. The van der Waals surface area contributed by atoms with Crippen LogP contribution < -0.4 is 11.1 Å². The van der Waals surface area contributed by atoms with Crippen LogP contribution in [0.3, 0.4) is 0 Å². The number of hydrogen-bond donors (Lipinski definition) is 2. The molecule has 152 valence electrons. The molecule has 6 nitrogen and oxygen atoms in total. The molecule has 0 aliphatic carbocycles. The minimum absolute atomic E-state index is 0.0541. The van der Waals surface area contributed by atoms with Crippen LogP contribution in [0, 0.1) is 11.6 Å². The molecule has 2 amide bonds. The number of nitrogens with two attached hydrogens (primary N) is 1. The number of primary amides is 1. The Balaban J connectivity index is 2.08. The molecule has 0 bridgehead atoms. The van der Waals surface area contributed by atoms with Gasteiger partial charge in [-0.15, -0.1) is 0 Å². The molecule has 0 aliphatic rings. The topological polar surface area (TPSA) is 85.8 Å². The maximum Gasteiger partial charge on any atom is 0.312 e. The molecule has 29 heavy (non-hydrogen) atoms. The van der Waals surface area contributed by atoms with Crippen molar-refractivity contribution in [3.8, 4) is 0 Å². The third kappa shape index (κ3) is 5.32. The maximum absolute atomic E-state index is 13.7. The van der Waals surface area contributed by atoms with Crippen LogP contribution in [0.4, 0.5) is 13.6 Å². The lowest BCUT2D eigenvalue weighted by molar-refractivity contribution is 0.248. The summed E-state index contributed by atoms with van der Waals surface area (Å²) in [6, 6.07) is 6.48. The third-order valence-corrected chi connectivity index (χ3v) is 5.20. The number of nitrogens with one attached hydrogen (secondary N) is 1. The van der Waals surface area contributed by atoms with Crippen LogP contribution in [-0.2, 0) is 13.1 Å². The molecule has 3 N–H and O–H groups in total.